The van der Waals surface area contributed by atoms with E-state index in [0.29, 0.717) is 18.2 Å². The molecule has 1 saturated heterocycles. The average Bonchev–Trinajstić information content (AvgIpc) is 2.89. The Bertz CT molecular complexity index is 427. The van der Waals surface area contributed by atoms with Gasteiger partial charge in [0.25, 0.3) is 0 Å². The SMILES string of the molecule is CCCN(Cc1ccc([N+](=O)[O-])o1)CC1CCCNC1. The van der Waals surface area contributed by atoms with Crippen LogP contribution in [0.3, 0.4) is 0 Å². The molecule has 0 saturated carbocycles. The Hall–Kier alpha value is -1.40. The van der Waals surface area contributed by atoms with Crippen molar-refractivity contribution in [1.29, 1.82) is 0 Å². The van der Waals surface area contributed by atoms with E-state index >= 15 is 0 Å². The normalized spacial score (nSPS) is 19.4. The van der Waals surface area contributed by atoms with Crippen LogP contribution in [0.25, 0.3) is 0 Å². The van der Waals surface area contributed by atoms with Gasteiger partial charge < -0.3 is 9.73 Å². The van der Waals surface area contributed by atoms with Gasteiger partial charge in [0.05, 0.1) is 12.6 Å². The third-order valence-corrected chi connectivity index (χ3v) is 3.66. The highest BCUT2D eigenvalue weighted by Gasteiger charge is 2.19. The highest BCUT2D eigenvalue weighted by Crippen LogP contribution is 2.19. The van der Waals surface area contributed by atoms with E-state index in [1.807, 2.05) is 0 Å². The van der Waals surface area contributed by atoms with Crippen LogP contribution in [-0.4, -0.2) is 36.0 Å². The van der Waals surface area contributed by atoms with Crippen molar-refractivity contribution in [3.8, 4) is 0 Å². The largest absolute Gasteiger partial charge is 0.433 e. The summed E-state index contributed by atoms with van der Waals surface area (Å²) < 4.78 is 5.25. The van der Waals surface area contributed by atoms with Crippen molar-refractivity contribution < 1.29 is 9.34 Å². The minimum atomic E-state index is -0.487. The Labute approximate surface area is 119 Å². The van der Waals surface area contributed by atoms with E-state index in [0.717, 1.165) is 32.6 Å². The third-order valence-electron chi connectivity index (χ3n) is 3.66. The molecule has 0 spiro atoms. The molecule has 1 N–H and O–H groups in total. The molecule has 1 unspecified atom stereocenters. The van der Waals surface area contributed by atoms with E-state index in [1.165, 1.54) is 18.9 Å². The second kappa shape index (κ2) is 7.40. The minimum absolute atomic E-state index is 0.171. The molecule has 1 aromatic rings. The maximum atomic E-state index is 10.6. The van der Waals surface area contributed by atoms with Gasteiger partial charge in [-0.15, -0.1) is 0 Å². The van der Waals surface area contributed by atoms with Crippen molar-refractivity contribution in [2.45, 2.75) is 32.7 Å². The molecule has 1 aliphatic heterocycles. The van der Waals surface area contributed by atoms with Crippen molar-refractivity contribution >= 4 is 5.88 Å². The van der Waals surface area contributed by atoms with E-state index in [4.69, 9.17) is 4.42 Å². The zero-order valence-corrected chi connectivity index (χ0v) is 12.0. The van der Waals surface area contributed by atoms with Crippen LogP contribution >= 0.6 is 0 Å². The summed E-state index contributed by atoms with van der Waals surface area (Å²) in [5.41, 5.74) is 0. The number of hydrogen-bond acceptors (Lipinski definition) is 5. The minimum Gasteiger partial charge on any atom is -0.404 e. The van der Waals surface area contributed by atoms with Gasteiger partial charge in [-0.3, -0.25) is 15.0 Å². The highest BCUT2D eigenvalue weighted by atomic mass is 16.6. The molecule has 2 rings (SSSR count). The Balaban J connectivity index is 1.91. The van der Waals surface area contributed by atoms with Crippen molar-refractivity contribution in [3.05, 3.63) is 28.0 Å². The summed E-state index contributed by atoms with van der Waals surface area (Å²) in [6.45, 7) is 7.00. The molecule has 6 heteroatoms. The van der Waals surface area contributed by atoms with Crippen molar-refractivity contribution in [2.24, 2.45) is 5.92 Å². The summed E-state index contributed by atoms with van der Waals surface area (Å²) in [5, 5.41) is 14.1. The first-order valence-electron chi connectivity index (χ1n) is 7.35. The zero-order valence-electron chi connectivity index (χ0n) is 12.0. The quantitative estimate of drug-likeness (QED) is 0.614. The number of nitro groups is 1. The monoisotopic (exact) mass is 281 g/mol. The number of piperidine rings is 1. The first kappa shape index (κ1) is 15.0. The molecular weight excluding hydrogens is 258 g/mol. The van der Waals surface area contributed by atoms with Crippen LogP contribution in [0.5, 0.6) is 0 Å². The van der Waals surface area contributed by atoms with Crippen LogP contribution < -0.4 is 5.32 Å². The van der Waals surface area contributed by atoms with E-state index in [2.05, 4.69) is 17.1 Å². The smallest absolute Gasteiger partial charge is 0.404 e. The molecule has 1 fully saturated rings. The fourth-order valence-corrected chi connectivity index (χ4v) is 2.77. The van der Waals surface area contributed by atoms with Gasteiger partial charge >= 0.3 is 5.88 Å². The maximum absolute atomic E-state index is 10.6. The Morgan fingerprint density at radius 3 is 3.00 bits per heavy atom. The van der Waals surface area contributed by atoms with Gasteiger partial charge in [-0.05, 0) is 50.9 Å². The van der Waals surface area contributed by atoms with Gasteiger partial charge in [-0.1, -0.05) is 6.92 Å². The Morgan fingerprint density at radius 2 is 2.40 bits per heavy atom. The topological polar surface area (TPSA) is 71.5 Å². The van der Waals surface area contributed by atoms with Crippen LogP contribution in [-0.2, 0) is 6.54 Å². The summed E-state index contributed by atoms with van der Waals surface area (Å²) in [6.07, 6.45) is 3.56. The van der Waals surface area contributed by atoms with Gasteiger partial charge in [0.15, 0.2) is 0 Å². The predicted octanol–water partition coefficient (Wildman–Crippen LogP) is 2.40. The average molecular weight is 281 g/mol. The summed E-state index contributed by atoms with van der Waals surface area (Å²) in [6, 6.07) is 3.14. The van der Waals surface area contributed by atoms with Crippen molar-refractivity contribution in [1.82, 2.24) is 10.2 Å². The van der Waals surface area contributed by atoms with E-state index in [1.54, 1.807) is 6.07 Å². The van der Waals surface area contributed by atoms with Crippen LogP contribution in [0, 0.1) is 16.0 Å². The van der Waals surface area contributed by atoms with Crippen LogP contribution in [0.4, 0.5) is 5.88 Å². The highest BCUT2D eigenvalue weighted by molar-refractivity contribution is 5.17. The fourth-order valence-electron chi connectivity index (χ4n) is 2.77. The number of nitrogens with one attached hydrogen (secondary N) is 1. The molecule has 0 aromatic carbocycles. The van der Waals surface area contributed by atoms with E-state index in [-0.39, 0.29) is 5.88 Å². The van der Waals surface area contributed by atoms with Gasteiger partial charge in [0.2, 0.25) is 0 Å². The molecule has 112 valence electrons. The van der Waals surface area contributed by atoms with Gasteiger partial charge in [0, 0.05) is 6.54 Å². The Kier molecular flexibility index (Phi) is 5.55. The van der Waals surface area contributed by atoms with Crippen LogP contribution in [0.15, 0.2) is 16.5 Å². The zero-order chi connectivity index (χ0) is 14.4. The molecule has 1 atom stereocenters. The molecule has 0 aliphatic carbocycles. The number of hydrogen-bond donors (Lipinski definition) is 1. The first-order chi connectivity index (χ1) is 9.69. The summed E-state index contributed by atoms with van der Waals surface area (Å²) in [5.74, 6) is 1.17. The number of furan rings is 1. The fraction of sp³-hybridized carbons (Fsp3) is 0.714. The summed E-state index contributed by atoms with van der Waals surface area (Å²) in [7, 11) is 0. The molecule has 1 aromatic heterocycles. The first-order valence-corrected chi connectivity index (χ1v) is 7.35. The molecular formula is C14H23N3O3. The van der Waals surface area contributed by atoms with Gasteiger partial charge in [0.1, 0.15) is 10.7 Å². The van der Waals surface area contributed by atoms with E-state index < -0.39 is 4.92 Å². The lowest BCUT2D eigenvalue weighted by molar-refractivity contribution is -0.402. The molecule has 0 bridgehead atoms. The van der Waals surface area contributed by atoms with Gasteiger partial charge in [-0.2, -0.15) is 0 Å². The van der Waals surface area contributed by atoms with E-state index in [9.17, 15) is 10.1 Å². The molecule has 1 aliphatic rings. The van der Waals surface area contributed by atoms with Crippen molar-refractivity contribution in [3.63, 3.8) is 0 Å². The Morgan fingerprint density at radius 1 is 1.55 bits per heavy atom. The summed E-state index contributed by atoms with van der Waals surface area (Å²) >= 11 is 0. The molecule has 0 amide bonds. The molecule has 20 heavy (non-hydrogen) atoms. The predicted molar refractivity (Wildman–Crippen MR) is 76.5 cm³/mol. The van der Waals surface area contributed by atoms with Crippen LogP contribution in [0.2, 0.25) is 0 Å². The third kappa shape index (κ3) is 4.31. The van der Waals surface area contributed by atoms with Gasteiger partial charge in [-0.25, -0.2) is 0 Å². The summed E-state index contributed by atoms with van der Waals surface area (Å²) in [4.78, 5) is 12.5. The molecule has 0 radical (unpaired) electrons. The second-order valence-corrected chi connectivity index (χ2v) is 5.44. The van der Waals surface area contributed by atoms with Crippen LogP contribution in [0.1, 0.15) is 31.9 Å². The standard InChI is InChI=1S/C14H23N3O3/c1-2-8-16(10-12-4-3-7-15-9-12)11-13-5-6-14(20-13)17(18)19/h5-6,12,15H,2-4,7-11H2,1H3. The second-order valence-electron chi connectivity index (χ2n) is 5.44. The lowest BCUT2D eigenvalue weighted by atomic mass is 9.99. The maximum Gasteiger partial charge on any atom is 0.433 e. The molecule has 2 heterocycles. The number of rotatable bonds is 7. The lowest BCUT2D eigenvalue weighted by Gasteiger charge is -2.29. The molecule has 6 nitrogen and oxygen atoms in total. The number of nitrogens with zero attached hydrogens (tertiary/aromatic N) is 2. The lowest BCUT2D eigenvalue weighted by Crippen LogP contribution is -2.38. The van der Waals surface area contributed by atoms with Crippen molar-refractivity contribution in [2.75, 3.05) is 26.2 Å².